The first-order chi connectivity index (χ1) is 15.3. The van der Waals surface area contributed by atoms with Crippen LogP contribution in [0.25, 0.3) is 10.8 Å². The third kappa shape index (κ3) is 4.26. The molecule has 3 aromatic carbocycles. The fourth-order valence-electron chi connectivity index (χ4n) is 4.11. The second-order valence-corrected chi connectivity index (χ2v) is 8.02. The quantitative estimate of drug-likeness (QED) is 0.392. The highest BCUT2D eigenvalue weighted by atomic mass is 19.3. The highest BCUT2D eigenvalue weighted by Gasteiger charge is 2.28. The van der Waals surface area contributed by atoms with Crippen LogP contribution in [0.2, 0.25) is 0 Å². The van der Waals surface area contributed by atoms with Gasteiger partial charge < -0.3 is 0 Å². The van der Waals surface area contributed by atoms with Gasteiger partial charge in [-0.15, -0.1) is 0 Å². The van der Waals surface area contributed by atoms with Gasteiger partial charge in [-0.2, -0.15) is 0 Å². The number of anilines is 1. The number of carbonyl (C=O) groups is 1. The van der Waals surface area contributed by atoms with E-state index >= 15 is 0 Å². The molecule has 0 unspecified atom stereocenters. The normalized spacial score (nSPS) is 14.6. The Labute approximate surface area is 184 Å². The van der Waals surface area contributed by atoms with Crippen LogP contribution in [0.15, 0.2) is 60.7 Å². The molecule has 1 heterocycles. The molecule has 0 spiro atoms. The molecule has 166 valence electrons. The van der Waals surface area contributed by atoms with Gasteiger partial charge in [0.2, 0.25) is 5.91 Å². The molecule has 1 amide bonds. The van der Waals surface area contributed by atoms with E-state index in [0.717, 1.165) is 25.5 Å². The second kappa shape index (κ2) is 8.53. The summed E-state index contributed by atoms with van der Waals surface area (Å²) in [5.41, 5.74) is 1.32. The first-order valence-electron chi connectivity index (χ1n) is 10.5. The van der Waals surface area contributed by atoms with Gasteiger partial charge in [-0.05, 0) is 30.5 Å². The number of halogens is 2. The van der Waals surface area contributed by atoms with Crippen LogP contribution < -0.4 is 5.01 Å². The molecule has 4 rings (SSSR count). The van der Waals surface area contributed by atoms with Gasteiger partial charge in [0, 0.05) is 37.0 Å². The van der Waals surface area contributed by atoms with Gasteiger partial charge in [0.25, 0.3) is 11.6 Å². The Kier molecular flexibility index (Phi) is 5.78. The van der Waals surface area contributed by atoms with E-state index in [0.29, 0.717) is 29.4 Å². The van der Waals surface area contributed by atoms with Crippen molar-refractivity contribution in [3.8, 4) is 0 Å². The molecule has 3 aromatic rings. The van der Waals surface area contributed by atoms with Crippen LogP contribution in [0.1, 0.15) is 30.9 Å². The van der Waals surface area contributed by atoms with E-state index in [1.807, 2.05) is 17.1 Å². The molecule has 8 heteroatoms. The minimum Gasteiger partial charge on any atom is -0.282 e. The van der Waals surface area contributed by atoms with Gasteiger partial charge in [0.1, 0.15) is 0 Å². The fraction of sp³-hybridized carbons (Fsp3) is 0.292. The number of nitrogens with zero attached hydrogens (tertiary/aromatic N) is 3. The Hall–Kier alpha value is -3.55. The maximum atomic E-state index is 13.5. The molecule has 1 aliphatic rings. The fourth-order valence-corrected chi connectivity index (χ4v) is 4.11. The second-order valence-electron chi connectivity index (χ2n) is 8.02. The summed E-state index contributed by atoms with van der Waals surface area (Å²) in [5.74, 6) is -3.08. The van der Waals surface area contributed by atoms with E-state index < -0.39 is 10.8 Å². The van der Waals surface area contributed by atoms with Gasteiger partial charge in [-0.1, -0.05) is 42.5 Å². The number of hydrogen-bond acceptors (Lipinski definition) is 4. The smallest absolute Gasteiger partial charge is 0.277 e. The van der Waals surface area contributed by atoms with Crippen molar-refractivity contribution in [1.82, 2.24) is 5.01 Å². The van der Waals surface area contributed by atoms with Gasteiger partial charge >= 0.3 is 0 Å². The molecular formula is C24H23F2N3O3. The molecule has 0 aliphatic carbocycles. The summed E-state index contributed by atoms with van der Waals surface area (Å²) in [7, 11) is 0. The van der Waals surface area contributed by atoms with Crippen molar-refractivity contribution in [3.63, 3.8) is 0 Å². The summed E-state index contributed by atoms with van der Waals surface area (Å²) in [6.07, 6.45) is 1.81. The SMILES string of the molecule is CC(F)(F)c1ccc(CC(=O)N2CCCCN2c2ccc([N+](=O)[O-])c3ccccc23)cc1. The highest BCUT2D eigenvalue weighted by molar-refractivity contribution is 6.00. The Bertz CT molecular complexity index is 1160. The van der Waals surface area contributed by atoms with Crippen LogP contribution in [0.3, 0.4) is 0 Å². The number of non-ortho nitro benzene ring substituents is 1. The minimum atomic E-state index is -2.93. The average Bonchev–Trinajstić information content (AvgIpc) is 2.78. The number of hydrogen-bond donors (Lipinski definition) is 0. The van der Waals surface area contributed by atoms with Gasteiger partial charge in [0.05, 0.1) is 22.4 Å². The van der Waals surface area contributed by atoms with E-state index in [9.17, 15) is 23.7 Å². The van der Waals surface area contributed by atoms with Crippen LogP contribution in [0.4, 0.5) is 20.2 Å². The lowest BCUT2D eigenvalue weighted by atomic mass is 10.0. The molecule has 0 atom stereocenters. The topological polar surface area (TPSA) is 66.7 Å². The van der Waals surface area contributed by atoms with E-state index in [4.69, 9.17) is 0 Å². The predicted octanol–water partition coefficient (Wildman–Crippen LogP) is 5.45. The van der Waals surface area contributed by atoms with Crippen molar-refractivity contribution in [3.05, 3.63) is 81.9 Å². The largest absolute Gasteiger partial charge is 0.282 e. The lowest BCUT2D eigenvalue weighted by Crippen LogP contribution is -2.51. The summed E-state index contributed by atoms with van der Waals surface area (Å²) in [6.45, 7) is 1.97. The van der Waals surface area contributed by atoms with Crippen molar-refractivity contribution in [2.45, 2.75) is 32.1 Å². The lowest BCUT2D eigenvalue weighted by molar-refractivity contribution is -0.383. The van der Waals surface area contributed by atoms with E-state index in [2.05, 4.69) is 0 Å². The Balaban J connectivity index is 1.63. The number of amides is 1. The lowest BCUT2D eigenvalue weighted by Gasteiger charge is -2.40. The monoisotopic (exact) mass is 439 g/mol. The van der Waals surface area contributed by atoms with Crippen LogP contribution >= 0.6 is 0 Å². The maximum Gasteiger partial charge on any atom is 0.277 e. The number of alkyl halides is 2. The summed E-state index contributed by atoms with van der Waals surface area (Å²) in [5, 5.41) is 16.2. The molecule has 0 radical (unpaired) electrons. The molecule has 0 aromatic heterocycles. The van der Waals surface area contributed by atoms with Crippen molar-refractivity contribution in [1.29, 1.82) is 0 Å². The molecule has 0 saturated carbocycles. The van der Waals surface area contributed by atoms with Gasteiger partial charge in [0.15, 0.2) is 0 Å². The van der Waals surface area contributed by atoms with Crippen LogP contribution in [0, 0.1) is 10.1 Å². The van der Waals surface area contributed by atoms with E-state index in [-0.39, 0.29) is 23.6 Å². The summed E-state index contributed by atoms with van der Waals surface area (Å²) >= 11 is 0. The molecule has 1 aliphatic heterocycles. The first-order valence-corrected chi connectivity index (χ1v) is 10.5. The molecule has 0 bridgehead atoms. The highest BCUT2D eigenvalue weighted by Crippen LogP contribution is 2.35. The Morgan fingerprint density at radius 3 is 2.31 bits per heavy atom. The predicted molar refractivity (Wildman–Crippen MR) is 119 cm³/mol. The molecule has 32 heavy (non-hydrogen) atoms. The molecule has 6 nitrogen and oxygen atoms in total. The van der Waals surface area contributed by atoms with Crippen molar-refractivity contribution < 1.29 is 18.5 Å². The van der Waals surface area contributed by atoms with Crippen molar-refractivity contribution in [2.75, 3.05) is 18.1 Å². The van der Waals surface area contributed by atoms with Crippen molar-refractivity contribution >= 4 is 28.1 Å². The molecule has 0 N–H and O–H groups in total. The molecular weight excluding hydrogens is 416 g/mol. The number of nitro benzene ring substituents is 1. The maximum absolute atomic E-state index is 13.5. The number of benzene rings is 3. The van der Waals surface area contributed by atoms with Crippen LogP contribution in [0.5, 0.6) is 0 Å². The number of rotatable bonds is 5. The summed E-state index contributed by atoms with van der Waals surface area (Å²) in [6, 6.07) is 16.1. The third-order valence-corrected chi connectivity index (χ3v) is 5.74. The number of fused-ring (bicyclic) bond motifs is 1. The summed E-state index contributed by atoms with van der Waals surface area (Å²) in [4.78, 5) is 24.2. The van der Waals surface area contributed by atoms with E-state index in [1.54, 1.807) is 35.3 Å². The zero-order chi connectivity index (χ0) is 22.9. The Morgan fingerprint density at radius 2 is 1.66 bits per heavy atom. The zero-order valence-electron chi connectivity index (χ0n) is 17.6. The average molecular weight is 439 g/mol. The number of nitro groups is 1. The van der Waals surface area contributed by atoms with Crippen molar-refractivity contribution in [2.24, 2.45) is 0 Å². The molecule has 1 saturated heterocycles. The Morgan fingerprint density at radius 1 is 1.00 bits per heavy atom. The number of hydrazine groups is 1. The van der Waals surface area contributed by atoms with Crippen LogP contribution in [-0.4, -0.2) is 28.9 Å². The van der Waals surface area contributed by atoms with Crippen LogP contribution in [-0.2, 0) is 17.1 Å². The van der Waals surface area contributed by atoms with Gasteiger partial charge in [-0.25, -0.2) is 8.78 Å². The third-order valence-electron chi connectivity index (χ3n) is 5.74. The summed E-state index contributed by atoms with van der Waals surface area (Å²) < 4.78 is 26.9. The number of carbonyl (C=O) groups excluding carboxylic acids is 1. The standard InChI is InChI=1S/C24H23F2N3O3/c1-24(25,26)18-10-8-17(9-11-18)16-23(30)28-15-5-4-14-27(28)21-12-13-22(29(31)32)20-7-3-2-6-19(20)21/h2-3,6-13H,4-5,14-16H2,1H3. The zero-order valence-corrected chi connectivity index (χ0v) is 17.6. The minimum absolute atomic E-state index is 0.0204. The van der Waals surface area contributed by atoms with Gasteiger partial charge in [-0.3, -0.25) is 24.9 Å². The molecule has 1 fully saturated rings. The van der Waals surface area contributed by atoms with E-state index in [1.165, 1.54) is 18.2 Å². The first kappa shape index (κ1) is 21.7.